The number of hydrogen-bond donors (Lipinski definition) is 2. The zero-order valence-corrected chi connectivity index (χ0v) is 8.49. The summed E-state index contributed by atoms with van der Waals surface area (Å²) in [6.45, 7) is 2.02. The van der Waals surface area contributed by atoms with Crippen LogP contribution in [0.5, 0.6) is 0 Å². The monoisotopic (exact) mass is 191 g/mol. The second-order valence-electron chi connectivity index (χ2n) is 2.72. The van der Waals surface area contributed by atoms with Crippen LogP contribution in [0.25, 0.3) is 0 Å². The Labute approximate surface area is 77.9 Å². The molecule has 0 aliphatic rings. The number of aliphatic hydroxyl groups is 1. The Kier molecular flexibility index (Phi) is 7.29. The Morgan fingerprint density at radius 2 is 2.33 bits per heavy atom. The molecule has 0 saturated carbocycles. The quantitative estimate of drug-likeness (QED) is 0.647. The molecule has 0 aromatic carbocycles. The first-order chi connectivity index (χ1) is 5.70. The molecule has 0 aromatic heterocycles. The molecule has 2 N–H and O–H groups in total. The molecular formula is C8H17NO2S. The lowest BCUT2D eigenvalue weighted by Gasteiger charge is -2.11. The van der Waals surface area contributed by atoms with Crippen molar-refractivity contribution in [3.05, 3.63) is 0 Å². The number of thioether (sulfide) groups is 1. The molecule has 3 nitrogen and oxygen atoms in total. The SMILES string of the molecule is CSCCC(=O)NC(C)CCO. The van der Waals surface area contributed by atoms with E-state index in [0.29, 0.717) is 12.8 Å². The summed E-state index contributed by atoms with van der Waals surface area (Å²) in [4.78, 5) is 11.1. The lowest BCUT2D eigenvalue weighted by molar-refractivity contribution is -0.121. The van der Waals surface area contributed by atoms with Crippen LogP contribution in [0, 0.1) is 0 Å². The standard InChI is InChI=1S/C8H17NO2S/c1-7(3-5-10)9-8(11)4-6-12-2/h7,10H,3-6H2,1-2H3,(H,9,11). The highest BCUT2D eigenvalue weighted by Crippen LogP contribution is 1.96. The van der Waals surface area contributed by atoms with Crippen LogP contribution in [0.4, 0.5) is 0 Å². The van der Waals surface area contributed by atoms with E-state index in [1.807, 2.05) is 13.2 Å². The lowest BCUT2D eigenvalue weighted by atomic mass is 10.2. The van der Waals surface area contributed by atoms with Gasteiger partial charge in [0.05, 0.1) is 0 Å². The van der Waals surface area contributed by atoms with Crippen LogP contribution in [0.2, 0.25) is 0 Å². The molecule has 0 radical (unpaired) electrons. The van der Waals surface area contributed by atoms with Crippen LogP contribution in [0.3, 0.4) is 0 Å². The highest BCUT2D eigenvalue weighted by atomic mass is 32.2. The number of nitrogens with one attached hydrogen (secondary N) is 1. The fourth-order valence-electron chi connectivity index (χ4n) is 0.808. The van der Waals surface area contributed by atoms with Crippen LogP contribution in [-0.2, 0) is 4.79 Å². The van der Waals surface area contributed by atoms with Crippen molar-refractivity contribution in [2.75, 3.05) is 18.6 Å². The van der Waals surface area contributed by atoms with Crippen molar-refractivity contribution in [1.29, 1.82) is 0 Å². The second kappa shape index (κ2) is 7.43. The third-order valence-corrected chi connectivity index (χ3v) is 2.12. The minimum Gasteiger partial charge on any atom is -0.396 e. The van der Waals surface area contributed by atoms with Gasteiger partial charge >= 0.3 is 0 Å². The van der Waals surface area contributed by atoms with Crippen LogP contribution >= 0.6 is 11.8 Å². The van der Waals surface area contributed by atoms with Crippen LogP contribution in [0.15, 0.2) is 0 Å². The first kappa shape index (κ1) is 11.8. The fraction of sp³-hybridized carbons (Fsp3) is 0.875. The molecule has 0 heterocycles. The van der Waals surface area contributed by atoms with E-state index in [1.54, 1.807) is 11.8 Å². The summed E-state index contributed by atoms with van der Waals surface area (Å²) in [6, 6.07) is 0.0874. The van der Waals surface area contributed by atoms with Gasteiger partial charge in [-0.3, -0.25) is 4.79 Å². The number of carbonyl (C=O) groups excluding carboxylic acids is 1. The van der Waals surface area contributed by atoms with Crippen LogP contribution in [-0.4, -0.2) is 35.7 Å². The Bertz CT molecular complexity index is 130. The molecule has 0 bridgehead atoms. The predicted molar refractivity (Wildman–Crippen MR) is 52.3 cm³/mol. The first-order valence-electron chi connectivity index (χ1n) is 4.10. The van der Waals surface area contributed by atoms with E-state index in [9.17, 15) is 4.79 Å². The maximum atomic E-state index is 11.1. The van der Waals surface area contributed by atoms with Gasteiger partial charge in [-0.2, -0.15) is 11.8 Å². The number of amides is 1. The summed E-state index contributed by atoms with van der Waals surface area (Å²) in [5.41, 5.74) is 0. The average Bonchev–Trinajstić information content (AvgIpc) is 2.01. The van der Waals surface area contributed by atoms with E-state index in [-0.39, 0.29) is 18.6 Å². The van der Waals surface area contributed by atoms with E-state index in [1.165, 1.54) is 0 Å². The molecule has 0 spiro atoms. The zero-order valence-electron chi connectivity index (χ0n) is 7.67. The van der Waals surface area contributed by atoms with Gasteiger partial charge in [-0.05, 0) is 19.6 Å². The van der Waals surface area contributed by atoms with E-state index in [0.717, 1.165) is 5.75 Å². The van der Waals surface area contributed by atoms with Gasteiger partial charge in [0.2, 0.25) is 5.91 Å². The van der Waals surface area contributed by atoms with Gasteiger partial charge in [0.25, 0.3) is 0 Å². The Morgan fingerprint density at radius 1 is 1.67 bits per heavy atom. The van der Waals surface area contributed by atoms with Crippen molar-refractivity contribution < 1.29 is 9.90 Å². The van der Waals surface area contributed by atoms with E-state index < -0.39 is 0 Å². The third-order valence-electron chi connectivity index (χ3n) is 1.50. The zero-order chi connectivity index (χ0) is 9.40. The minimum atomic E-state index is 0.0744. The highest BCUT2D eigenvalue weighted by molar-refractivity contribution is 7.98. The first-order valence-corrected chi connectivity index (χ1v) is 5.49. The molecule has 0 aliphatic heterocycles. The maximum absolute atomic E-state index is 11.1. The molecule has 72 valence electrons. The van der Waals surface area contributed by atoms with E-state index in [2.05, 4.69) is 5.32 Å². The summed E-state index contributed by atoms with van der Waals surface area (Å²) >= 11 is 1.66. The highest BCUT2D eigenvalue weighted by Gasteiger charge is 2.05. The lowest BCUT2D eigenvalue weighted by Crippen LogP contribution is -2.33. The van der Waals surface area contributed by atoms with Crippen molar-refractivity contribution in [2.45, 2.75) is 25.8 Å². The Balaban J connectivity index is 3.40. The topological polar surface area (TPSA) is 49.3 Å². The van der Waals surface area contributed by atoms with Gasteiger partial charge in [0.15, 0.2) is 0 Å². The molecule has 1 unspecified atom stereocenters. The van der Waals surface area contributed by atoms with Gasteiger partial charge in [-0.25, -0.2) is 0 Å². The van der Waals surface area contributed by atoms with Crippen molar-refractivity contribution in [2.24, 2.45) is 0 Å². The van der Waals surface area contributed by atoms with E-state index >= 15 is 0 Å². The maximum Gasteiger partial charge on any atom is 0.221 e. The summed E-state index contributed by atoms with van der Waals surface area (Å²) in [6.07, 6.45) is 3.17. The molecule has 0 aromatic rings. The average molecular weight is 191 g/mol. The number of hydrogen-bond acceptors (Lipinski definition) is 3. The molecule has 0 fully saturated rings. The smallest absolute Gasteiger partial charge is 0.221 e. The predicted octanol–water partition coefficient (Wildman–Crippen LogP) is 0.627. The molecule has 0 aliphatic carbocycles. The summed E-state index contributed by atoms with van der Waals surface area (Å²) in [5, 5.41) is 11.4. The Hall–Kier alpha value is -0.220. The van der Waals surface area contributed by atoms with Gasteiger partial charge in [-0.1, -0.05) is 0 Å². The Morgan fingerprint density at radius 3 is 2.83 bits per heavy atom. The summed E-state index contributed by atoms with van der Waals surface area (Å²) in [7, 11) is 0. The molecule has 4 heteroatoms. The van der Waals surface area contributed by atoms with E-state index in [4.69, 9.17) is 5.11 Å². The molecule has 0 rings (SSSR count). The molecule has 1 atom stereocenters. The van der Waals surface area contributed by atoms with Crippen LogP contribution < -0.4 is 5.32 Å². The number of aliphatic hydroxyl groups excluding tert-OH is 1. The van der Waals surface area contributed by atoms with Crippen LogP contribution in [0.1, 0.15) is 19.8 Å². The molecular weight excluding hydrogens is 174 g/mol. The second-order valence-corrected chi connectivity index (χ2v) is 3.71. The largest absolute Gasteiger partial charge is 0.396 e. The normalized spacial score (nSPS) is 12.6. The third kappa shape index (κ3) is 6.49. The van der Waals surface area contributed by atoms with Crippen molar-refractivity contribution >= 4 is 17.7 Å². The van der Waals surface area contributed by atoms with Crippen molar-refractivity contribution in [1.82, 2.24) is 5.32 Å². The fourth-order valence-corrected chi connectivity index (χ4v) is 1.20. The van der Waals surface area contributed by atoms with Gasteiger partial charge in [0.1, 0.15) is 0 Å². The van der Waals surface area contributed by atoms with Gasteiger partial charge in [-0.15, -0.1) is 0 Å². The van der Waals surface area contributed by atoms with Gasteiger partial charge < -0.3 is 10.4 Å². The number of carbonyl (C=O) groups is 1. The van der Waals surface area contributed by atoms with Crippen molar-refractivity contribution in [3.8, 4) is 0 Å². The molecule has 0 saturated heterocycles. The minimum absolute atomic E-state index is 0.0744. The molecule has 1 amide bonds. The van der Waals surface area contributed by atoms with Gasteiger partial charge in [0, 0.05) is 24.8 Å². The molecule has 12 heavy (non-hydrogen) atoms. The summed E-state index contributed by atoms with van der Waals surface area (Å²) < 4.78 is 0. The summed E-state index contributed by atoms with van der Waals surface area (Å²) in [5.74, 6) is 0.933. The number of rotatable bonds is 6. The van der Waals surface area contributed by atoms with Crippen molar-refractivity contribution in [3.63, 3.8) is 0 Å².